The Morgan fingerprint density at radius 2 is 1.62 bits per heavy atom. The van der Waals surface area contributed by atoms with E-state index < -0.39 is 0 Å². The molecule has 0 spiro atoms. The van der Waals surface area contributed by atoms with Gasteiger partial charge in [0.05, 0.1) is 6.61 Å². The third kappa shape index (κ3) is 5.50. The van der Waals surface area contributed by atoms with Gasteiger partial charge in [0, 0.05) is 10.9 Å². The van der Waals surface area contributed by atoms with Crippen molar-refractivity contribution in [3.63, 3.8) is 0 Å². The zero-order valence-corrected chi connectivity index (χ0v) is 13.8. The molecule has 0 fully saturated rings. The molecule has 112 valence electrons. The lowest BCUT2D eigenvalue weighted by Gasteiger charge is -2.07. The van der Waals surface area contributed by atoms with Gasteiger partial charge in [-0.15, -0.1) is 0 Å². The number of fused-ring (bicyclic) bond motifs is 1. The molecule has 0 unspecified atom stereocenters. The van der Waals surface area contributed by atoms with E-state index in [1.165, 1.54) is 23.6 Å². The predicted octanol–water partition coefficient (Wildman–Crippen LogP) is 5.52. The quantitative estimate of drug-likeness (QED) is 0.440. The fourth-order valence-corrected chi connectivity index (χ4v) is 2.71. The molecule has 0 amide bonds. The smallest absolute Gasteiger partial charge is 0.119 e. The van der Waals surface area contributed by atoms with Crippen molar-refractivity contribution in [2.45, 2.75) is 38.5 Å². The van der Waals surface area contributed by atoms with E-state index in [0.717, 1.165) is 42.4 Å². The highest BCUT2D eigenvalue weighted by atomic mass is 79.9. The lowest BCUT2D eigenvalue weighted by Crippen LogP contribution is -1.97. The van der Waals surface area contributed by atoms with Gasteiger partial charge >= 0.3 is 0 Å². The zero-order chi connectivity index (χ0) is 14.9. The molecule has 2 rings (SSSR count). The number of halogens is 1. The molecule has 0 saturated heterocycles. The molecule has 0 radical (unpaired) electrons. The maximum absolute atomic E-state index is 10.2. The van der Waals surface area contributed by atoms with Crippen LogP contribution < -0.4 is 4.74 Å². The fourth-order valence-electron chi connectivity index (χ4n) is 2.33. The average molecular weight is 349 g/mol. The Morgan fingerprint density at radius 1 is 0.905 bits per heavy atom. The molecule has 0 heterocycles. The van der Waals surface area contributed by atoms with Gasteiger partial charge in [-0.25, -0.2) is 0 Å². The molecular weight excluding hydrogens is 328 g/mol. The van der Waals surface area contributed by atoms with E-state index in [9.17, 15) is 4.79 Å². The molecule has 0 aliphatic heterocycles. The Morgan fingerprint density at radius 3 is 2.48 bits per heavy atom. The number of rotatable bonds is 9. The molecule has 2 aromatic rings. The third-order valence-corrected chi connectivity index (χ3v) is 4.00. The van der Waals surface area contributed by atoms with Crippen LogP contribution in [0.25, 0.3) is 10.8 Å². The van der Waals surface area contributed by atoms with E-state index in [1.54, 1.807) is 0 Å². The fraction of sp³-hybridized carbons (Fsp3) is 0.389. The van der Waals surface area contributed by atoms with E-state index in [0.29, 0.717) is 6.42 Å². The van der Waals surface area contributed by atoms with E-state index >= 15 is 0 Å². The van der Waals surface area contributed by atoms with Gasteiger partial charge in [-0.1, -0.05) is 47.3 Å². The van der Waals surface area contributed by atoms with Crippen molar-refractivity contribution in [3.8, 4) is 5.75 Å². The van der Waals surface area contributed by atoms with Gasteiger partial charge < -0.3 is 9.53 Å². The number of aldehydes is 1. The van der Waals surface area contributed by atoms with E-state index in [2.05, 4.69) is 40.2 Å². The Bertz CT molecular complexity index is 580. The second-order valence-electron chi connectivity index (χ2n) is 5.22. The maximum Gasteiger partial charge on any atom is 0.119 e. The zero-order valence-electron chi connectivity index (χ0n) is 12.2. The summed E-state index contributed by atoms with van der Waals surface area (Å²) in [4.78, 5) is 10.2. The summed E-state index contributed by atoms with van der Waals surface area (Å²) in [5, 5.41) is 2.41. The minimum absolute atomic E-state index is 0.698. The second-order valence-corrected chi connectivity index (χ2v) is 6.14. The third-order valence-electron chi connectivity index (χ3n) is 3.51. The lowest BCUT2D eigenvalue weighted by atomic mass is 10.1. The number of carbonyl (C=O) groups is 1. The Hall–Kier alpha value is -1.35. The van der Waals surface area contributed by atoms with Crippen LogP contribution in [0.2, 0.25) is 0 Å². The minimum Gasteiger partial charge on any atom is -0.494 e. The van der Waals surface area contributed by atoms with Crippen LogP contribution in [0.4, 0.5) is 0 Å². The van der Waals surface area contributed by atoms with Crippen LogP contribution in [0.15, 0.2) is 40.9 Å². The number of benzene rings is 2. The van der Waals surface area contributed by atoms with E-state index in [1.807, 2.05) is 12.1 Å². The number of carbonyl (C=O) groups excluding carboxylic acids is 1. The molecule has 2 aromatic carbocycles. The molecule has 0 aromatic heterocycles. The van der Waals surface area contributed by atoms with Crippen LogP contribution in [0.1, 0.15) is 38.5 Å². The molecule has 3 heteroatoms. The van der Waals surface area contributed by atoms with Gasteiger partial charge in [0.1, 0.15) is 12.0 Å². The van der Waals surface area contributed by atoms with Gasteiger partial charge in [0.2, 0.25) is 0 Å². The normalized spacial score (nSPS) is 10.7. The molecule has 0 aliphatic carbocycles. The van der Waals surface area contributed by atoms with Crippen molar-refractivity contribution in [2.24, 2.45) is 0 Å². The SMILES string of the molecule is O=CCCCCCCCOc1ccc2cc(Br)ccc2c1. The molecule has 0 aliphatic rings. The van der Waals surface area contributed by atoms with Crippen molar-refractivity contribution in [1.82, 2.24) is 0 Å². The predicted molar refractivity (Wildman–Crippen MR) is 90.9 cm³/mol. The van der Waals surface area contributed by atoms with E-state index in [4.69, 9.17) is 4.74 Å². The van der Waals surface area contributed by atoms with Crippen molar-refractivity contribution >= 4 is 33.0 Å². The number of unbranched alkanes of at least 4 members (excludes halogenated alkanes) is 5. The second kappa shape index (κ2) is 8.83. The summed E-state index contributed by atoms with van der Waals surface area (Å²) in [6.45, 7) is 0.760. The molecule has 21 heavy (non-hydrogen) atoms. The first kappa shape index (κ1) is 16.0. The summed E-state index contributed by atoms with van der Waals surface area (Å²) in [6.07, 6.45) is 7.28. The van der Waals surface area contributed by atoms with Gasteiger partial charge in [-0.05, 0) is 47.9 Å². The summed E-state index contributed by atoms with van der Waals surface area (Å²) in [5.74, 6) is 0.936. The lowest BCUT2D eigenvalue weighted by molar-refractivity contribution is -0.107. The molecule has 0 N–H and O–H groups in total. The van der Waals surface area contributed by atoms with Crippen molar-refractivity contribution in [3.05, 3.63) is 40.9 Å². The van der Waals surface area contributed by atoms with Crippen LogP contribution in [0.5, 0.6) is 5.75 Å². The highest BCUT2D eigenvalue weighted by Crippen LogP contribution is 2.24. The summed E-state index contributed by atoms with van der Waals surface area (Å²) in [5.41, 5.74) is 0. The molecule has 0 atom stereocenters. The first-order valence-electron chi connectivity index (χ1n) is 7.55. The summed E-state index contributed by atoms with van der Waals surface area (Å²) < 4.78 is 6.90. The van der Waals surface area contributed by atoms with Crippen molar-refractivity contribution in [2.75, 3.05) is 6.61 Å². The standard InChI is InChI=1S/C18H21BrO2/c19-17-9-7-16-14-18(10-8-15(16)13-17)21-12-6-4-2-1-3-5-11-20/h7-11,13-14H,1-6,12H2. The highest BCUT2D eigenvalue weighted by Gasteiger charge is 1.99. The Balaban J connectivity index is 1.71. The Labute approximate surface area is 134 Å². The number of ether oxygens (including phenoxy) is 1. The van der Waals surface area contributed by atoms with Gasteiger partial charge in [0.15, 0.2) is 0 Å². The summed E-state index contributed by atoms with van der Waals surface area (Å²) in [6, 6.07) is 12.5. The average Bonchev–Trinajstić information content (AvgIpc) is 2.50. The summed E-state index contributed by atoms with van der Waals surface area (Å²) in [7, 11) is 0. The van der Waals surface area contributed by atoms with Crippen molar-refractivity contribution < 1.29 is 9.53 Å². The monoisotopic (exact) mass is 348 g/mol. The number of hydrogen-bond acceptors (Lipinski definition) is 2. The molecule has 0 bridgehead atoms. The van der Waals surface area contributed by atoms with Crippen molar-refractivity contribution in [1.29, 1.82) is 0 Å². The first-order valence-corrected chi connectivity index (χ1v) is 8.34. The van der Waals surface area contributed by atoms with Crippen LogP contribution in [0, 0.1) is 0 Å². The van der Waals surface area contributed by atoms with Gasteiger partial charge in [-0.2, -0.15) is 0 Å². The molecule has 2 nitrogen and oxygen atoms in total. The van der Waals surface area contributed by atoms with Crippen LogP contribution in [-0.2, 0) is 4.79 Å². The largest absolute Gasteiger partial charge is 0.494 e. The Kier molecular flexibility index (Phi) is 6.74. The van der Waals surface area contributed by atoms with Gasteiger partial charge in [0.25, 0.3) is 0 Å². The first-order chi connectivity index (χ1) is 10.3. The molecule has 0 saturated carbocycles. The molecular formula is C18H21BrO2. The number of hydrogen-bond donors (Lipinski definition) is 0. The van der Waals surface area contributed by atoms with E-state index in [-0.39, 0.29) is 0 Å². The highest BCUT2D eigenvalue weighted by molar-refractivity contribution is 9.10. The summed E-state index contributed by atoms with van der Waals surface area (Å²) >= 11 is 3.48. The maximum atomic E-state index is 10.2. The van der Waals surface area contributed by atoms with Crippen LogP contribution in [0.3, 0.4) is 0 Å². The van der Waals surface area contributed by atoms with Crippen LogP contribution in [-0.4, -0.2) is 12.9 Å². The van der Waals surface area contributed by atoms with Crippen LogP contribution >= 0.6 is 15.9 Å². The minimum atomic E-state index is 0.698. The van der Waals surface area contributed by atoms with Gasteiger partial charge in [-0.3, -0.25) is 0 Å². The topological polar surface area (TPSA) is 26.3 Å².